The Kier molecular flexibility index (Phi) is 4.84. The highest BCUT2D eigenvalue weighted by atomic mass is 16.6. The van der Waals surface area contributed by atoms with Crippen molar-refractivity contribution in [2.45, 2.75) is 70.4 Å². The van der Waals surface area contributed by atoms with Crippen LogP contribution in [0.25, 0.3) is 0 Å². The molecule has 0 spiro atoms. The summed E-state index contributed by atoms with van der Waals surface area (Å²) < 4.78 is 5.81. The summed E-state index contributed by atoms with van der Waals surface area (Å²) in [6, 6.07) is -0.178. The second-order valence-electron chi connectivity index (χ2n) is 9.15. The molecule has 1 amide bonds. The molecule has 2 aliphatic heterocycles. The van der Waals surface area contributed by atoms with Gasteiger partial charge in [-0.05, 0) is 62.7 Å². The van der Waals surface area contributed by atoms with Crippen molar-refractivity contribution >= 4 is 11.9 Å². The van der Waals surface area contributed by atoms with E-state index in [4.69, 9.17) is 4.74 Å². The van der Waals surface area contributed by atoms with Crippen molar-refractivity contribution in [2.75, 3.05) is 13.1 Å². The molecule has 2 saturated heterocycles. The monoisotopic (exact) mass is 360 g/mol. The molecule has 0 radical (unpaired) electrons. The average molecular weight is 360 g/mol. The predicted molar refractivity (Wildman–Crippen MR) is 99.3 cm³/mol. The standard InChI is InChI=1S/C21H32N2O3/c1-13-6-5-8-21(2)11-18-14(10-16(13)21)15(20(25)26-18)12-23-17-7-3-4-9-22-19(17)24/h14-18,23H,1,3-12H2,2H3,(H,22,24)/t14-,15+,16-,17+,18-,21-/m1/s1. The zero-order valence-corrected chi connectivity index (χ0v) is 15.9. The van der Waals surface area contributed by atoms with Crippen LogP contribution in [0.3, 0.4) is 0 Å². The van der Waals surface area contributed by atoms with Crippen molar-refractivity contribution in [1.29, 1.82) is 0 Å². The molecule has 0 aromatic heterocycles. The van der Waals surface area contributed by atoms with Gasteiger partial charge in [-0.25, -0.2) is 0 Å². The average Bonchev–Trinajstić information content (AvgIpc) is 2.74. The quantitative estimate of drug-likeness (QED) is 0.600. The Balaban J connectivity index is 1.44. The summed E-state index contributed by atoms with van der Waals surface area (Å²) >= 11 is 0. The van der Waals surface area contributed by atoms with Gasteiger partial charge >= 0.3 is 5.97 Å². The number of carbonyl (C=O) groups is 2. The van der Waals surface area contributed by atoms with E-state index < -0.39 is 0 Å². The number of rotatable bonds is 3. The van der Waals surface area contributed by atoms with Gasteiger partial charge in [-0.15, -0.1) is 0 Å². The molecule has 2 heterocycles. The second kappa shape index (κ2) is 6.99. The fourth-order valence-corrected chi connectivity index (χ4v) is 5.89. The first-order chi connectivity index (χ1) is 12.5. The molecule has 2 aliphatic carbocycles. The van der Waals surface area contributed by atoms with Crippen LogP contribution in [0, 0.1) is 23.2 Å². The van der Waals surface area contributed by atoms with Crippen LogP contribution in [-0.2, 0) is 14.3 Å². The Morgan fingerprint density at radius 1 is 1.31 bits per heavy atom. The summed E-state index contributed by atoms with van der Waals surface area (Å²) in [6.45, 7) is 8.01. The van der Waals surface area contributed by atoms with E-state index in [0.717, 1.165) is 45.1 Å². The number of ether oxygens (including phenoxy) is 1. The number of nitrogens with one attached hydrogen (secondary N) is 2. The van der Waals surface area contributed by atoms with Gasteiger partial charge in [-0.1, -0.05) is 19.1 Å². The maximum absolute atomic E-state index is 12.6. The minimum Gasteiger partial charge on any atom is -0.462 e. The largest absolute Gasteiger partial charge is 0.462 e. The molecule has 144 valence electrons. The molecule has 6 atom stereocenters. The number of allylic oxidation sites excluding steroid dienone is 1. The molecular formula is C21H32N2O3. The molecule has 2 saturated carbocycles. The molecule has 0 aromatic rings. The molecule has 4 rings (SSSR count). The van der Waals surface area contributed by atoms with Crippen LogP contribution in [0.5, 0.6) is 0 Å². The zero-order chi connectivity index (χ0) is 18.3. The van der Waals surface area contributed by atoms with Crippen molar-refractivity contribution in [1.82, 2.24) is 10.6 Å². The Morgan fingerprint density at radius 2 is 2.15 bits per heavy atom. The highest BCUT2D eigenvalue weighted by Crippen LogP contribution is 2.56. The number of hydrogen-bond donors (Lipinski definition) is 2. The Labute approximate surface area is 156 Å². The molecular weight excluding hydrogens is 328 g/mol. The lowest BCUT2D eigenvalue weighted by Crippen LogP contribution is -2.48. The molecule has 0 unspecified atom stereocenters. The first-order valence-electron chi connectivity index (χ1n) is 10.4. The Hall–Kier alpha value is -1.36. The zero-order valence-electron chi connectivity index (χ0n) is 15.9. The minimum atomic E-state index is -0.178. The van der Waals surface area contributed by atoms with Crippen molar-refractivity contribution < 1.29 is 14.3 Å². The fourth-order valence-electron chi connectivity index (χ4n) is 5.89. The molecule has 0 bridgehead atoms. The Bertz CT molecular complexity index is 604. The SMILES string of the molecule is C=C1CCC[C@]2(C)C[C@H]3OC(=O)[C@@H](CN[C@H]4CCCCNC4=O)[C@H]3C[C@H]12. The third kappa shape index (κ3) is 3.19. The van der Waals surface area contributed by atoms with Crippen molar-refractivity contribution in [3.05, 3.63) is 12.2 Å². The van der Waals surface area contributed by atoms with Gasteiger partial charge in [0, 0.05) is 19.0 Å². The van der Waals surface area contributed by atoms with Gasteiger partial charge in [0.25, 0.3) is 0 Å². The first-order valence-corrected chi connectivity index (χ1v) is 10.4. The number of carbonyl (C=O) groups excluding carboxylic acids is 2. The molecule has 26 heavy (non-hydrogen) atoms. The van der Waals surface area contributed by atoms with Crippen LogP contribution in [0.4, 0.5) is 0 Å². The predicted octanol–water partition coefficient (Wildman–Crippen LogP) is 2.56. The van der Waals surface area contributed by atoms with Gasteiger partial charge in [-0.2, -0.15) is 0 Å². The van der Waals surface area contributed by atoms with E-state index in [9.17, 15) is 9.59 Å². The lowest BCUT2D eigenvalue weighted by molar-refractivity contribution is -0.146. The number of esters is 1. The van der Waals surface area contributed by atoms with E-state index in [1.165, 1.54) is 18.4 Å². The topological polar surface area (TPSA) is 67.4 Å². The fraction of sp³-hybridized carbons (Fsp3) is 0.810. The molecule has 4 aliphatic rings. The van der Waals surface area contributed by atoms with Crippen LogP contribution in [0.15, 0.2) is 12.2 Å². The third-order valence-electron chi connectivity index (χ3n) is 7.44. The van der Waals surface area contributed by atoms with Gasteiger partial charge < -0.3 is 15.4 Å². The molecule has 5 nitrogen and oxygen atoms in total. The summed E-state index contributed by atoms with van der Waals surface area (Å²) in [6.07, 6.45) is 8.48. The maximum Gasteiger partial charge on any atom is 0.310 e. The van der Waals surface area contributed by atoms with Crippen LogP contribution in [0.2, 0.25) is 0 Å². The van der Waals surface area contributed by atoms with Crippen LogP contribution >= 0.6 is 0 Å². The van der Waals surface area contributed by atoms with E-state index >= 15 is 0 Å². The normalized spacial score (nSPS) is 43.1. The van der Waals surface area contributed by atoms with Crippen molar-refractivity contribution in [2.24, 2.45) is 23.2 Å². The van der Waals surface area contributed by atoms with E-state index in [2.05, 4.69) is 24.1 Å². The lowest BCUT2D eigenvalue weighted by Gasteiger charge is -2.50. The summed E-state index contributed by atoms with van der Waals surface area (Å²) in [4.78, 5) is 24.7. The molecule has 2 N–H and O–H groups in total. The van der Waals surface area contributed by atoms with Gasteiger partial charge in [-0.3, -0.25) is 9.59 Å². The van der Waals surface area contributed by atoms with E-state index in [-0.39, 0.29) is 41.3 Å². The van der Waals surface area contributed by atoms with Gasteiger partial charge in [0.15, 0.2) is 0 Å². The smallest absolute Gasteiger partial charge is 0.310 e. The van der Waals surface area contributed by atoms with E-state index in [1.807, 2.05) is 0 Å². The molecule has 4 fully saturated rings. The summed E-state index contributed by atoms with van der Waals surface area (Å²) in [5, 5.41) is 6.33. The summed E-state index contributed by atoms with van der Waals surface area (Å²) in [5.41, 5.74) is 1.60. The summed E-state index contributed by atoms with van der Waals surface area (Å²) in [5.74, 6) is 0.638. The van der Waals surface area contributed by atoms with Gasteiger partial charge in [0.1, 0.15) is 6.10 Å². The van der Waals surface area contributed by atoms with Gasteiger partial charge in [0.05, 0.1) is 12.0 Å². The van der Waals surface area contributed by atoms with Crippen LogP contribution < -0.4 is 10.6 Å². The van der Waals surface area contributed by atoms with E-state index in [1.54, 1.807) is 0 Å². The van der Waals surface area contributed by atoms with E-state index in [0.29, 0.717) is 12.5 Å². The minimum absolute atomic E-state index is 0.0458. The maximum atomic E-state index is 12.6. The number of hydrogen-bond acceptors (Lipinski definition) is 4. The second-order valence-corrected chi connectivity index (χ2v) is 9.15. The highest BCUT2D eigenvalue weighted by molar-refractivity contribution is 5.82. The number of fused-ring (bicyclic) bond motifs is 2. The van der Waals surface area contributed by atoms with Crippen molar-refractivity contribution in [3.63, 3.8) is 0 Å². The van der Waals surface area contributed by atoms with Crippen LogP contribution in [0.1, 0.15) is 58.3 Å². The molecule has 0 aromatic carbocycles. The summed E-state index contributed by atoms with van der Waals surface area (Å²) in [7, 11) is 0. The third-order valence-corrected chi connectivity index (χ3v) is 7.44. The Morgan fingerprint density at radius 3 is 3.00 bits per heavy atom. The first kappa shape index (κ1) is 18.0. The molecule has 5 heteroatoms. The highest BCUT2D eigenvalue weighted by Gasteiger charge is 2.55. The van der Waals surface area contributed by atoms with Gasteiger partial charge in [0.2, 0.25) is 5.91 Å². The number of amides is 1. The lowest BCUT2D eigenvalue weighted by atomic mass is 9.55. The van der Waals surface area contributed by atoms with Crippen LogP contribution in [-0.4, -0.2) is 37.1 Å². The van der Waals surface area contributed by atoms with Crippen molar-refractivity contribution in [3.8, 4) is 0 Å².